The number of methoxy groups -OCH3 is 1. The Hall–Kier alpha value is -1.53. The second-order valence-electron chi connectivity index (χ2n) is 4.56. The molecule has 1 atom stereocenters. The van der Waals surface area contributed by atoms with Crippen molar-refractivity contribution in [2.75, 3.05) is 13.7 Å². The van der Waals surface area contributed by atoms with Crippen LogP contribution in [0.2, 0.25) is 0 Å². The number of rotatable bonds is 6. The van der Waals surface area contributed by atoms with Crippen LogP contribution in [0, 0.1) is 13.8 Å². The van der Waals surface area contributed by atoms with Crippen molar-refractivity contribution in [3.8, 4) is 5.88 Å². The van der Waals surface area contributed by atoms with E-state index in [0.717, 1.165) is 29.4 Å². The number of thiazole rings is 1. The molecule has 0 saturated carbocycles. The van der Waals surface area contributed by atoms with E-state index in [1.165, 1.54) is 4.88 Å². The fraction of sp³-hybridized carbons (Fsp3) is 0.500. The Balaban J connectivity index is 2.16. The second-order valence-corrected chi connectivity index (χ2v) is 5.85. The number of aromatic nitrogens is 3. The molecule has 0 radical (unpaired) electrons. The minimum Gasteiger partial charge on any atom is -0.480 e. The highest BCUT2D eigenvalue weighted by molar-refractivity contribution is 7.11. The number of hydrogen-bond acceptors (Lipinski definition) is 6. The van der Waals surface area contributed by atoms with Crippen LogP contribution < -0.4 is 10.1 Å². The molecule has 108 valence electrons. The Morgan fingerprint density at radius 3 is 2.60 bits per heavy atom. The smallest absolute Gasteiger partial charge is 0.233 e. The first-order valence-electron chi connectivity index (χ1n) is 6.68. The molecular weight excluding hydrogens is 272 g/mol. The van der Waals surface area contributed by atoms with Gasteiger partial charge in [0, 0.05) is 17.4 Å². The first-order chi connectivity index (χ1) is 9.63. The SMILES string of the molecule is CCNC(Cc1nc(C)c(C)s1)c1ccc(OC)nn1. The molecule has 0 aliphatic carbocycles. The summed E-state index contributed by atoms with van der Waals surface area (Å²) in [5.41, 5.74) is 2.03. The zero-order valence-corrected chi connectivity index (χ0v) is 13.1. The minimum atomic E-state index is 0.128. The lowest BCUT2D eigenvalue weighted by Crippen LogP contribution is -2.24. The highest BCUT2D eigenvalue weighted by atomic mass is 32.1. The molecular formula is C14H20N4OS. The van der Waals surface area contributed by atoms with Gasteiger partial charge in [-0.05, 0) is 26.5 Å². The maximum Gasteiger partial charge on any atom is 0.233 e. The molecule has 2 aromatic rings. The third kappa shape index (κ3) is 3.52. The van der Waals surface area contributed by atoms with E-state index in [4.69, 9.17) is 4.74 Å². The van der Waals surface area contributed by atoms with Crippen LogP contribution in [-0.2, 0) is 6.42 Å². The topological polar surface area (TPSA) is 59.9 Å². The van der Waals surface area contributed by atoms with Crippen molar-refractivity contribution in [2.45, 2.75) is 33.2 Å². The summed E-state index contributed by atoms with van der Waals surface area (Å²) in [6.07, 6.45) is 0.828. The summed E-state index contributed by atoms with van der Waals surface area (Å²) in [5, 5.41) is 12.8. The quantitative estimate of drug-likeness (QED) is 0.886. The van der Waals surface area contributed by atoms with E-state index in [2.05, 4.69) is 34.3 Å². The first kappa shape index (κ1) is 14.9. The van der Waals surface area contributed by atoms with Gasteiger partial charge in [0.1, 0.15) is 0 Å². The van der Waals surface area contributed by atoms with E-state index >= 15 is 0 Å². The third-order valence-corrected chi connectivity index (χ3v) is 4.22. The number of nitrogens with one attached hydrogen (secondary N) is 1. The Labute approximate surface area is 123 Å². The Morgan fingerprint density at radius 2 is 2.10 bits per heavy atom. The van der Waals surface area contributed by atoms with E-state index in [1.54, 1.807) is 18.4 Å². The van der Waals surface area contributed by atoms with Gasteiger partial charge < -0.3 is 10.1 Å². The molecule has 5 nitrogen and oxygen atoms in total. The Morgan fingerprint density at radius 1 is 1.30 bits per heavy atom. The lowest BCUT2D eigenvalue weighted by Gasteiger charge is -2.15. The summed E-state index contributed by atoms with van der Waals surface area (Å²) in [4.78, 5) is 5.87. The first-order valence-corrected chi connectivity index (χ1v) is 7.49. The van der Waals surface area contributed by atoms with Crippen molar-refractivity contribution < 1.29 is 4.74 Å². The van der Waals surface area contributed by atoms with Crippen LogP contribution in [0.4, 0.5) is 0 Å². The van der Waals surface area contributed by atoms with Crippen LogP contribution in [0.15, 0.2) is 12.1 Å². The number of nitrogens with zero attached hydrogens (tertiary/aromatic N) is 3. The van der Waals surface area contributed by atoms with Gasteiger partial charge >= 0.3 is 0 Å². The van der Waals surface area contributed by atoms with Crippen molar-refractivity contribution in [1.82, 2.24) is 20.5 Å². The summed E-state index contributed by atoms with van der Waals surface area (Å²) < 4.78 is 5.04. The maximum absolute atomic E-state index is 5.04. The van der Waals surface area contributed by atoms with Gasteiger partial charge in [0.25, 0.3) is 0 Å². The van der Waals surface area contributed by atoms with Crippen molar-refractivity contribution in [1.29, 1.82) is 0 Å². The Kier molecular flexibility index (Phi) is 5.03. The molecule has 2 rings (SSSR count). The summed E-state index contributed by atoms with van der Waals surface area (Å²) in [5.74, 6) is 0.532. The lowest BCUT2D eigenvalue weighted by atomic mass is 10.1. The fourth-order valence-electron chi connectivity index (χ4n) is 1.95. The van der Waals surface area contributed by atoms with Crippen LogP contribution in [0.1, 0.15) is 34.2 Å². The maximum atomic E-state index is 5.04. The van der Waals surface area contributed by atoms with E-state index in [1.807, 2.05) is 19.1 Å². The molecule has 0 aliphatic rings. The van der Waals surface area contributed by atoms with Crippen molar-refractivity contribution >= 4 is 11.3 Å². The van der Waals surface area contributed by atoms with Crippen LogP contribution in [0.25, 0.3) is 0 Å². The van der Waals surface area contributed by atoms with Gasteiger partial charge in [-0.15, -0.1) is 16.4 Å². The Bertz CT molecular complexity index is 533. The van der Waals surface area contributed by atoms with Crippen LogP contribution in [0.5, 0.6) is 5.88 Å². The molecule has 2 heterocycles. The largest absolute Gasteiger partial charge is 0.480 e. The summed E-state index contributed by atoms with van der Waals surface area (Å²) in [7, 11) is 1.59. The highest BCUT2D eigenvalue weighted by Crippen LogP contribution is 2.23. The van der Waals surface area contributed by atoms with Gasteiger partial charge in [-0.3, -0.25) is 0 Å². The summed E-state index contributed by atoms with van der Waals surface area (Å²) >= 11 is 1.75. The zero-order chi connectivity index (χ0) is 14.5. The predicted octanol–water partition coefficient (Wildman–Crippen LogP) is 2.45. The molecule has 2 aromatic heterocycles. The molecule has 0 amide bonds. The van der Waals surface area contributed by atoms with Crippen LogP contribution >= 0.6 is 11.3 Å². The molecule has 20 heavy (non-hydrogen) atoms. The number of hydrogen-bond donors (Lipinski definition) is 1. The van der Waals surface area contributed by atoms with E-state index in [-0.39, 0.29) is 6.04 Å². The fourth-order valence-corrected chi connectivity index (χ4v) is 2.93. The van der Waals surface area contributed by atoms with Crippen LogP contribution in [-0.4, -0.2) is 28.8 Å². The van der Waals surface area contributed by atoms with E-state index in [9.17, 15) is 0 Å². The molecule has 0 saturated heterocycles. The number of aryl methyl sites for hydroxylation is 2. The minimum absolute atomic E-state index is 0.128. The summed E-state index contributed by atoms with van der Waals surface area (Å²) in [6.45, 7) is 7.11. The van der Waals surface area contributed by atoms with Gasteiger partial charge in [-0.25, -0.2) is 4.98 Å². The van der Waals surface area contributed by atoms with E-state index < -0.39 is 0 Å². The molecule has 0 fully saturated rings. The number of likely N-dealkylation sites (N-methyl/N-ethyl adjacent to an activating group) is 1. The molecule has 0 aliphatic heterocycles. The molecule has 0 bridgehead atoms. The van der Waals surface area contributed by atoms with Gasteiger partial charge in [0.15, 0.2) is 0 Å². The standard InChI is InChI=1S/C14H20N4OS/c1-5-15-12(8-14-16-9(2)10(3)20-14)11-6-7-13(19-4)18-17-11/h6-7,12,15H,5,8H2,1-4H3. The number of ether oxygens (including phenoxy) is 1. The average Bonchev–Trinajstić information content (AvgIpc) is 2.77. The lowest BCUT2D eigenvalue weighted by molar-refractivity contribution is 0.389. The van der Waals surface area contributed by atoms with Gasteiger partial charge in [-0.2, -0.15) is 5.10 Å². The van der Waals surface area contributed by atoms with Crippen molar-refractivity contribution in [3.05, 3.63) is 33.4 Å². The van der Waals surface area contributed by atoms with Crippen molar-refractivity contribution in [3.63, 3.8) is 0 Å². The van der Waals surface area contributed by atoms with Gasteiger partial charge in [0.05, 0.1) is 29.5 Å². The van der Waals surface area contributed by atoms with Gasteiger partial charge in [0.2, 0.25) is 5.88 Å². The second kappa shape index (κ2) is 6.76. The monoisotopic (exact) mass is 292 g/mol. The predicted molar refractivity (Wildman–Crippen MR) is 80.3 cm³/mol. The highest BCUT2D eigenvalue weighted by Gasteiger charge is 2.16. The average molecular weight is 292 g/mol. The van der Waals surface area contributed by atoms with Crippen molar-refractivity contribution in [2.24, 2.45) is 0 Å². The molecule has 0 spiro atoms. The zero-order valence-electron chi connectivity index (χ0n) is 12.3. The van der Waals surface area contributed by atoms with Gasteiger partial charge in [-0.1, -0.05) is 6.92 Å². The molecule has 6 heteroatoms. The molecule has 1 N–H and O–H groups in total. The van der Waals surface area contributed by atoms with E-state index in [0.29, 0.717) is 5.88 Å². The van der Waals surface area contributed by atoms with Crippen LogP contribution in [0.3, 0.4) is 0 Å². The molecule has 0 aromatic carbocycles. The normalized spacial score (nSPS) is 12.4. The summed E-state index contributed by atoms with van der Waals surface area (Å²) in [6, 6.07) is 3.92. The molecule has 1 unspecified atom stereocenters. The third-order valence-electron chi connectivity index (χ3n) is 3.13.